The van der Waals surface area contributed by atoms with Gasteiger partial charge in [-0.3, -0.25) is 9.69 Å². The van der Waals surface area contributed by atoms with Crippen molar-refractivity contribution in [1.29, 1.82) is 5.41 Å². The fourth-order valence-corrected chi connectivity index (χ4v) is 4.66. The van der Waals surface area contributed by atoms with Crippen LogP contribution in [0, 0.1) is 5.41 Å². The number of anilines is 2. The molecular weight excluding hydrogens is 454 g/mol. The van der Waals surface area contributed by atoms with E-state index in [0.29, 0.717) is 30.8 Å². The lowest BCUT2D eigenvalue weighted by atomic mass is 9.96. The number of alkyl halides is 2. The number of carbonyl (C=O) groups excluding carboxylic acids is 1. The average molecular weight is 485 g/mol. The molecule has 2 aliphatic rings. The number of nitrogens with one attached hydrogen (secondary N) is 3. The quantitative estimate of drug-likeness (QED) is 0.411. The highest BCUT2D eigenvalue weighted by molar-refractivity contribution is 6.60. The summed E-state index contributed by atoms with van der Waals surface area (Å²) in [5.74, 6) is -2.68. The summed E-state index contributed by atoms with van der Waals surface area (Å²) in [6, 6.07) is 6.30. The number of likely N-dealkylation sites (tertiary alicyclic amines) is 1. The largest absolute Gasteiger partial charge is 0.334 e. The van der Waals surface area contributed by atoms with E-state index in [1.54, 1.807) is 24.1 Å². The Kier molecular flexibility index (Phi) is 7.06. The van der Waals surface area contributed by atoms with Gasteiger partial charge in [0.05, 0.1) is 11.9 Å². The number of halogens is 2. The number of carbonyl (C=O) groups is 1. The van der Waals surface area contributed by atoms with Crippen LogP contribution in [0.1, 0.15) is 43.5 Å². The van der Waals surface area contributed by atoms with Crippen LogP contribution in [0.25, 0.3) is 0 Å². The molecular formula is C24H30F2N8O. The van der Waals surface area contributed by atoms with Gasteiger partial charge in [0, 0.05) is 68.7 Å². The molecule has 11 heteroatoms. The summed E-state index contributed by atoms with van der Waals surface area (Å²) in [6.07, 6.45) is 4.43. The Labute approximate surface area is 203 Å². The van der Waals surface area contributed by atoms with E-state index in [-0.39, 0.29) is 23.2 Å². The van der Waals surface area contributed by atoms with Crippen molar-refractivity contribution in [1.82, 2.24) is 25.2 Å². The fraction of sp³-hybridized carbons (Fsp3) is 0.458. The molecule has 35 heavy (non-hydrogen) atoms. The number of amides is 1. The van der Waals surface area contributed by atoms with Gasteiger partial charge < -0.3 is 21.1 Å². The van der Waals surface area contributed by atoms with Crippen LogP contribution in [0.5, 0.6) is 0 Å². The first kappa shape index (κ1) is 24.6. The number of aromatic nitrogens is 2. The molecule has 1 fully saturated rings. The van der Waals surface area contributed by atoms with E-state index in [4.69, 9.17) is 5.41 Å². The van der Waals surface area contributed by atoms with Crippen LogP contribution in [0.4, 0.5) is 20.4 Å². The van der Waals surface area contributed by atoms with E-state index in [0.717, 1.165) is 43.8 Å². The van der Waals surface area contributed by atoms with Crippen molar-refractivity contribution in [2.45, 2.75) is 57.8 Å². The maximum Gasteiger partial charge on any atom is 0.276 e. The predicted octanol–water partition coefficient (Wildman–Crippen LogP) is 3.25. The molecule has 0 unspecified atom stereocenters. The smallest absolute Gasteiger partial charge is 0.276 e. The lowest BCUT2D eigenvalue weighted by Crippen LogP contribution is -2.52. The monoisotopic (exact) mass is 484 g/mol. The first-order chi connectivity index (χ1) is 16.7. The topological polar surface area (TPSA) is 110 Å². The molecule has 1 aromatic carbocycles. The number of hydrogen-bond donors (Lipinski definition) is 3. The third kappa shape index (κ3) is 5.45. The van der Waals surface area contributed by atoms with Gasteiger partial charge in [0.25, 0.3) is 11.8 Å². The van der Waals surface area contributed by atoms with Crippen LogP contribution in [-0.2, 0) is 23.8 Å². The number of piperidine rings is 1. The number of nitrogens with zero attached hydrogens (tertiary/aromatic N) is 5. The number of hydrogen-bond acceptors (Lipinski definition) is 8. The summed E-state index contributed by atoms with van der Waals surface area (Å²) in [4.78, 5) is 25.9. The fourth-order valence-electron chi connectivity index (χ4n) is 4.66. The molecule has 3 N–H and O–H groups in total. The van der Waals surface area contributed by atoms with Crippen molar-refractivity contribution in [3.8, 4) is 0 Å². The van der Waals surface area contributed by atoms with Crippen LogP contribution in [0.2, 0.25) is 0 Å². The van der Waals surface area contributed by atoms with E-state index in [1.807, 2.05) is 13.1 Å². The predicted molar refractivity (Wildman–Crippen MR) is 130 cm³/mol. The molecule has 1 aromatic heterocycles. The second-order valence-electron chi connectivity index (χ2n) is 9.05. The highest BCUT2D eigenvalue weighted by Crippen LogP contribution is 2.31. The maximum absolute atomic E-state index is 13.4. The van der Waals surface area contributed by atoms with Crippen molar-refractivity contribution in [3.63, 3.8) is 0 Å². The average Bonchev–Trinajstić information content (AvgIpc) is 3.25. The lowest BCUT2D eigenvalue weighted by Gasteiger charge is -2.41. The molecule has 2 aromatic rings. The van der Waals surface area contributed by atoms with Gasteiger partial charge in [-0.05, 0) is 31.9 Å². The third-order valence-corrected chi connectivity index (χ3v) is 6.54. The first-order valence-corrected chi connectivity index (χ1v) is 11.6. The SMILES string of the molecule is CNN=C(C=N)C(=O)N1CC[C@@H](N2Cc3cnc(Nc4ccc(C(C)(F)F)cc4)nc3C2)C[C@H]1C. The second-order valence-corrected chi connectivity index (χ2v) is 9.05. The zero-order valence-electron chi connectivity index (χ0n) is 20.1. The Balaban J connectivity index is 1.37. The minimum Gasteiger partial charge on any atom is -0.334 e. The summed E-state index contributed by atoms with van der Waals surface area (Å²) < 4.78 is 26.9. The maximum atomic E-state index is 13.4. The van der Waals surface area contributed by atoms with Crippen molar-refractivity contribution in [2.75, 3.05) is 18.9 Å². The van der Waals surface area contributed by atoms with Crippen molar-refractivity contribution < 1.29 is 13.6 Å². The van der Waals surface area contributed by atoms with Crippen molar-refractivity contribution in [3.05, 3.63) is 47.3 Å². The Morgan fingerprint density at radius 3 is 2.66 bits per heavy atom. The summed E-state index contributed by atoms with van der Waals surface area (Å²) in [6.45, 7) is 4.92. The highest BCUT2D eigenvalue weighted by Gasteiger charge is 2.35. The molecule has 3 heterocycles. The molecule has 0 radical (unpaired) electrons. The number of rotatable bonds is 7. The van der Waals surface area contributed by atoms with Gasteiger partial charge in [-0.1, -0.05) is 12.1 Å². The number of fused-ring (bicyclic) bond motifs is 1. The molecule has 4 rings (SSSR count). The van der Waals surface area contributed by atoms with Gasteiger partial charge in [-0.25, -0.2) is 18.7 Å². The van der Waals surface area contributed by atoms with E-state index < -0.39 is 5.92 Å². The number of benzene rings is 1. The molecule has 0 aliphatic carbocycles. The highest BCUT2D eigenvalue weighted by atomic mass is 19.3. The molecule has 0 spiro atoms. The first-order valence-electron chi connectivity index (χ1n) is 11.6. The van der Waals surface area contributed by atoms with Crippen LogP contribution in [0.15, 0.2) is 35.6 Å². The van der Waals surface area contributed by atoms with Gasteiger partial charge in [0.1, 0.15) is 0 Å². The minimum atomic E-state index is -2.88. The van der Waals surface area contributed by atoms with E-state index in [1.165, 1.54) is 12.1 Å². The third-order valence-electron chi connectivity index (χ3n) is 6.54. The summed E-state index contributed by atoms with van der Waals surface area (Å²) in [7, 11) is 1.60. The van der Waals surface area contributed by atoms with Gasteiger partial charge in [-0.2, -0.15) is 5.10 Å². The van der Waals surface area contributed by atoms with Gasteiger partial charge >= 0.3 is 0 Å². The zero-order chi connectivity index (χ0) is 25.2. The molecule has 0 saturated carbocycles. The normalized spacial score (nSPS) is 20.9. The van der Waals surface area contributed by atoms with Gasteiger partial charge in [0.2, 0.25) is 5.95 Å². The molecule has 1 saturated heterocycles. The van der Waals surface area contributed by atoms with Crippen LogP contribution < -0.4 is 10.7 Å². The van der Waals surface area contributed by atoms with Crippen LogP contribution >= 0.6 is 0 Å². The summed E-state index contributed by atoms with van der Waals surface area (Å²) >= 11 is 0. The second kappa shape index (κ2) is 10.0. The Hall–Kier alpha value is -3.47. The molecule has 186 valence electrons. The molecule has 0 bridgehead atoms. The zero-order valence-corrected chi connectivity index (χ0v) is 20.1. The minimum absolute atomic E-state index is 0.0220. The van der Waals surface area contributed by atoms with Crippen molar-refractivity contribution in [2.24, 2.45) is 5.10 Å². The lowest BCUT2D eigenvalue weighted by molar-refractivity contribution is -0.128. The van der Waals surface area contributed by atoms with E-state index in [2.05, 4.69) is 30.7 Å². The molecule has 2 aliphatic heterocycles. The Morgan fingerprint density at radius 2 is 2.03 bits per heavy atom. The molecule has 1 amide bonds. The van der Waals surface area contributed by atoms with Gasteiger partial charge in [0.15, 0.2) is 5.71 Å². The molecule has 2 atom stereocenters. The standard InChI is InChI=1S/C24H30F2N8O/c1-15-10-19(8-9-34(15)22(35)20(11-27)32-28-3)33-13-16-12-29-23(31-21(16)14-33)30-18-6-4-17(5-7-18)24(2,25)26/h4-7,11-12,15,19,27-28H,8-10,13-14H2,1-3H3,(H,29,30,31)/t15-,19-/m1/s1. The van der Waals surface area contributed by atoms with E-state index in [9.17, 15) is 13.6 Å². The van der Waals surface area contributed by atoms with Crippen molar-refractivity contribution >= 4 is 29.5 Å². The van der Waals surface area contributed by atoms with Crippen LogP contribution in [-0.4, -0.2) is 63.3 Å². The Morgan fingerprint density at radius 1 is 1.29 bits per heavy atom. The van der Waals surface area contributed by atoms with E-state index >= 15 is 0 Å². The Bertz CT molecular complexity index is 1120. The summed E-state index contributed by atoms with van der Waals surface area (Å²) in [5.41, 5.74) is 5.28. The van der Waals surface area contributed by atoms with Gasteiger partial charge in [-0.15, -0.1) is 0 Å². The molecule has 9 nitrogen and oxygen atoms in total. The van der Waals surface area contributed by atoms with Crippen LogP contribution in [0.3, 0.4) is 0 Å². The summed E-state index contributed by atoms with van der Waals surface area (Å²) in [5, 5.41) is 14.4. The number of hydrazone groups is 1.